The molecule has 0 radical (unpaired) electrons. The molecule has 1 nitrogen and oxygen atoms in total. The Morgan fingerprint density at radius 2 is 1.47 bits per heavy atom. The molecule has 0 fully saturated rings. The van der Waals surface area contributed by atoms with Gasteiger partial charge in [-0.15, -0.1) is 13.2 Å². The number of hydrogen-bond acceptors (Lipinski definition) is 1. The molecule has 30 heavy (non-hydrogen) atoms. The highest BCUT2D eigenvalue weighted by molar-refractivity contribution is 5.77. The van der Waals surface area contributed by atoms with Crippen molar-refractivity contribution in [3.05, 3.63) is 88.5 Å². The first-order valence-corrected chi connectivity index (χ1v) is 10.0. The molecule has 0 heterocycles. The van der Waals surface area contributed by atoms with Gasteiger partial charge in [0.05, 0.1) is 0 Å². The monoisotopic (exact) mass is 406 g/mol. The van der Waals surface area contributed by atoms with Crippen LogP contribution >= 0.6 is 0 Å². The molecule has 0 saturated carbocycles. The number of halogens is 3. The van der Waals surface area contributed by atoms with Crippen LogP contribution in [0.3, 0.4) is 0 Å². The molecule has 0 N–H and O–H groups in total. The van der Waals surface area contributed by atoms with E-state index in [4.69, 9.17) is 0 Å². The van der Waals surface area contributed by atoms with Crippen molar-refractivity contribution < 1.29 is 17.9 Å². The third-order valence-electron chi connectivity index (χ3n) is 5.20. The summed E-state index contributed by atoms with van der Waals surface area (Å²) in [4.78, 5) is 0. The van der Waals surface area contributed by atoms with Crippen LogP contribution in [-0.4, -0.2) is 6.36 Å². The second-order valence-electron chi connectivity index (χ2n) is 7.47. The van der Waals surface area contributed by atoms with Gasteiger partial charge in [-0.2, -0.15) is 0 Å². The highest BCUT2D eigenvalue weighted by Crippen LogP contribution is 2.37. The number of fused-ring (bicyclic) bond motifs is 3. The van der Waals surface area contributed by atoms with E-state index < -0.39 is 6.36 Å². The molecule has 152 valence electrons. The topological polar surface area (TPSA) is 9.23 Å². The van der Waals surface area contributed by atoms with Crippen LogP contribution in [0.1, 0.15) is 47.6 Å². The van der Waals surface area contributed by atoms with Gasteiger partial charge in [-0.05, 0) is 83.5 Å². The van der Waals surface area contributed by atoms with E-state index in [-0.39, 0.29) is 5.75 Å². The van der Waals surface area contributed by atoms with Crippen molar-refractivity contribution in [2.24, 2.45) is 0 Å². The Labute approximate surface area is 174 Å². The minimum Gasteiger partial charge on any atom is -0.406 e. The van der Waals surface area contributed by atoms with Crippen LogP contribution in [0.2, 0.25) is 0 Å². The van der Waals surface area contributed by atoms with Gasteiger partial charge in [0, 0.05) is 11.1 Å². The first-order valence-electron chi connectivity index (χ1n) is 10.0. The Morgan fingerprint density at radius 3 is 2.17 bits per heavy atom. The zero-order valence-corrected chi connectivity index (χ0v) is 16.6. The molecule has 0 saturated heterocycles. The number of unbranched alkanes of at least 4 members (excludes halogenated alkanes) is 1. The lowest BCUT2D eigenvalue weighted by atomic mass is 10.0. The average molecular weight is 406 g/mol. The number of aryl methyl sites for hydroxylation is 1. The summed E-state index contributed by atoms with van der Waals surface area (Å²) in [5, 5.41) is 0. The molecule has 4 rings (SSSR count). The standard InChI is InChI=1S/C26H21F3O/c1-2-3-4-19-9-13-24-21(15-19)17-22-16-20(10-14-25(22)24)6-5-18-7-11-23(12-8-18)30-26(27,28)29/h7-16H,2-4,17H2,1H3. The van der Waals surface area contributed by atoms with Crippen LogP contribution in [0.4, 0.5) is 13.2 Å². The second kappa shape index (κ2) is 8.28. The van der Waals surface area contributed by atoms with Crippen LogP contribution in [0.5, 0.6) is 5.75 Å². The quantitative estimate of drug-likeness (QED) is 0.335. The van der Waals surface area contributed by atoms with Gasteiger partial charge in [0.25, 0.3) is 0 Å². The van der Waals surface area contributed by atoms with E-state index in [1.54, 1.807) is 0 Å². The van der Waals surface area contributed by atoms with Crippen LogP contribution < -0.4 is 4.74 Å². The van der Waals surface area contributed by atoms with Gasteiger partial charge in [0.2, 0.25) is 0 Å². The Morgan fingerprint density at radius 1 is 0.833 bits per heavy atom. The summed E-state index contributed by atoms with van der Waals surface area (Å²) in [6.45, 7) is 2.20. The highest BCUT2D eigenvalue weighted by atomic mass is 19.4. The second-order valence-corrected chi connectivity index (χ2v) is 7.47. The predicted octanol–water partition coefficient (Wildman–Crippen LogP) is 6.90. The van der Waals surface area contributed by atoms with Crippen molar-refractivity contribution in [1.29, 1.82) is 0 Å². The van der Waals surface area contributed by atoms with E-state index >= 15 is 0 Å². The van der Waals surface area contributed by atoms with Crippen molar-refractivity contribution in [1.82, 2.24) is 0 Å². The summed E-state index contributed by atoms with van der Waals surface area (Å²) in [6, 6.07) is 18.6. The molecule has 0 atom stereocenters. The Hall–Kier alpha value is -3.19. The van der Waals surface area contributed by atoms with Crippen molar-refractivity contribution in [2.45, 2.75) is 39.0 Å². The smallest absolute Gasteiger partial charge is 0.406 e. The van der Waals surface area contributed by atoms with Gasteiger partial charge in [-0.25, -0.2) is 0 Å². The van der Waals surface area contributed by atoms with Crippen molar-refractivity contribution in [3.63, 3.8) is 0 Å². The van der Waals surface area contributed by atoms with E-state index in [1.807, 2.05) is 6.07 Å². The third kappa shape index (κ3) is 4.68. The molecular formula is C26H21F3O. The number of hydrogen-bond donors (Lipinski definition) is 0. The summed E-state index contributed by atoms with van der Waals surface area (Å²) in [5.41, 5.74) is 8.09. The zero-order valence-electron chi connectivity index (χ0n) is 16.6. The van der Waals surface area contributed by atoms with Crippen molar-refractivity contribution in [3.8, 4) is 28.7 Å². The molecular weight excluding hydrogens is 385 g/mol. The molecule has 0 aliphatic heterocycles. The first kappa shape index (κ1) is 20.1. The lowest BCUT2D eigenvalue weighted by Crippen LogP contribution is -2.16. The number of ether oxygens (including phenoxy) is 1. The van der Waals surface area contributed by atoms with Gasteiger partial charge in [0.15, 0.2) is 0 Å². The SMILES string of the molecule is CCCCc1ccc2c(c1)Cc1cc(C#Cc3ccc(OC(F)(F)F)cc3)ccc1-2. The number of rotatable bonds is 4. The summed E-state index contributed by atoms with van der Waals surface area (Å²) >= 11 is 0. The van der Waals surface area contributed by atoms with E-state index in [1.165, 1.54) is 64.9 Å². The Balaban J connectivity index is 1.50. The predicted molar refractivity (Wildman–Crippen MR) is 112 cm³/mol. The van der Waals surface area contributed by atoms with Gasteiger partial charge < -0.3 is 4.74 Å². The summed E-state index contributed by atoms with van der Waals surface area (Å²) < 4.78 is 40.6. The fraction of sp³-hybridized carbons (Fsp3) is 0.231. The summed E-state index contributed by atoms with van der Waals surface area (Å²) in [6.07, 6.45) is -0.272. The Bertz CT molecular complexity index is 1120. The summed E-state index contributed by atoms with van der Waals surface area (Å²) in [7, 11) is 0. The molecule has 0 spiro atoms. The molecule has 1 aliphatic carbocycles. The van der Waals surface area contributed by atoms with E-state index in [0.29, 0.717) is 5.56 Å². The van der Waals surface area contributed by atoms with E-state index in [2.05, 4.69) is 53.8 Å². The maximum atomic E-state index is 12.2. The van der Waals surface area contributed by atoms with E-state index in [9.17, 15) is 13.2 Å². The Kier molecular flexibility index (Phi) is 5.55. The van der Waals surface area contributed by atoms with Gasteiger partial charge in [-0.3, -0.25) is 0 Å². The van der Waals surface area contributed by atoms with E-state index in [0.717, 1.165) is 18.4 Å². The fourth-order valence-electron chi connectivity index (χ4n) is 3.76. The minimum absolute atomic E-state index is 0.248. The molecule has 0 aromatic heterocycles. The third-order valence-corrected chi connectivity index (χ3v) is 5.20. The first-order chi connectivity index (χ1) is 14.4. The minimum atomic E-state index is -4.69. The molecule has 0 amide bonds. The zero-order chi connectivity index (χ0) is 21.1. The molecule has 3 aromatic carbocycles. The van der Waals surface area contributed by atoms with Crippen LogP contribution in [0.15, 0.2) is 60.7 Å². The number of alkyl halides is 3. The van der Waals surface area contributed by atoms with Crippen molar-refractivity contribution in [2.75, 3.05) is 0 Å². The normalized spacial score (nSPS) is 12.0. The van der Waals surface area contributed by atoms with Crippen LogP contribution in [0.25, 0.3) is 11.1 Å². The lowest BCUT2D eigenvalue weighted by Gasteiger charge is -2.08. The van der Waals surface area contributed by atoms with Gasteiger partial charge in [-0.1, -0.05) is 49.5 Å². The largest absolute Gasteiger partial charge is 0.573 e. The summed E-state index contributed by atoms with van der Waals surface area (Å²) in [5.74, 6) is 5.87. The average Bonchev–Trinajstić information content (AvgIpc) is 3.07. The van der Waals surface area contributed by atoms with Gasteiger partial charge >= 0.3 is 6.36 Å². The molecule has 3 aromatic rings. The molecule has 1 aliphatic rings. The van der Waals surface area contributed by atoms with Crippen LogP contribution in [0, 0.1) is 11.8 Å². The number of benzene rings is 3. The maximum absolute atomic E-state index is 12.2. The fourth-order valence-corrected chi connectivity index (χ4v) is 3.76. The van der Waals surface area contributed by atoms with Crippen LogP contribution in [-0.2, 0) is 12.8 Å². The highest BCUT2D eigenvalue weighted by Gasteiger charge is 2.30. The molecule has 0 bridgehead atoms. The van der Waals surface area contributed by atoms with Gasteiger partial charge in [0.1, 0.15) is 5.75 Å². The van der Waals surface area contributed by atoms with Crippen molar-refractivity contribution >= 4 is 0 Å². The maximum Gasteiger partial charge on any atom is 0.573 e. The molecule has 0 unspecified atom stereocenters. The lowest BCUT2D eigenvalue weighted by molar-refractivity contribution is -0.274. The molecule has 4 heteroatoms.